The summed E-state index contributed by atoms with van der Waals surface area (Å²) in [7, 11) is 5.77. The van der Waals surface area contributed by atoms with Crippen molar-refractivity contribution in [3.8, 4) is 5.75 Å². The maximum absolute atomic E-state index is 13.1. The summed E-state index contributed by atoms with van der Waals surface area (Å²) in [5, 5.41) is 1.30. The zero-order valence-corrected chi connectivity index (χ0v) is 16.5. The van der Waals surface area contributed by atoms with Gasteiger partial charge in [0.15, 0.2) is 5.13 Å². The first kappa shape index (κ1) is 18.6. The van der Waals surface area contributed by atoms with E-state index in [-0.39, 0.29) is 5.91 Å². The topological polar surface area (TPSA) is 46.9 Å². The lowest BCUT2D eigenvalue weighted by molar-refractivity contribution is -0.856. The van der Waals surface area contributed by atoms with Gasteiger partial charge < -0.3 is 9.64 Å². The van der Waals surface area contributed by atoms with Crippen LogP contribution in [-0.4, -0.2) is 45.2 Å². The number of nitrogens with zero attached hydrogens (tertiary/aromatic N) is 2. The fourth-order valence-electron chi connectivity index (χ4n) is 2.50. The van der Waals surface area contributed by atoms with Gasteiger partial charge in [0, 0.05) is 10.6 Å². The van der Waals surface area contributed by atoms with Gasteiger partial charge in [0.25, 0.3) is 5.91 Å². The van der Waals surface area contributed by atoms with Crippen molar-refractivity contribution in [2.75, 3.05) is 39.2 Å². The average molecular weight is 391 g/mol. The summed E-state index contributed by atoms with van der Waals surface area (Å²) < 4.78 is 6.27. The molecule has 0 bridgehead atoms. The second-order valence-electron chi connectivity index (χ2n) is 6.25. The normalized spacial score (nSPS) is 11.1. The molecule has 0 aliphatic rings. The van der Waals surface area contributed by atoms with Gasteiger partial charge >= 0.3 is 0 Å². The molecule has 0 aliphatic carbocycles. The quantitative estimate of drug-likeness (QED) is 0.704. The number of methoxy groups -OCH3 is 1. The molecule has 0 radical (unpaired) electrons. The number of hydrogen-bond donors (Lipinski definition) is 1. The molecule has 5 nitrogen and oxygen atoms in total. The molecule has 0 aliphatic heterocycles. The van der Waals surface area contributed by atoms with Crippen LogP contribution in [0.2, 0.25) is 5.02 Å². The summed E-state index contributed by atoms with van der Waals surface area (Å²) in [6.45, 7) is 1.40. The van der Waals surface area contributed by atoms with E-state index in [0.717, 1.165) is 22.5 Å². The van der Waals surface area contributed by atoms with Gasteiger partial charge in [-0.25, -0.2) is 4.98 Å². The van der Waals surface area contributed by atoms with E-state index < -0.39 is 0 Å². The minimum atomic E-state index is -0.0751. The number of thiazole rings is 1. The molecule has 1 amide bonds. The number of likely N-dealkylation sites (N-methyl/N-ethyl adjacent to an activating group) is 1. The van der Waals surface area contributed by atoms with Crippen LogP contribution in [0.15, 0.2) is 42.5 Å². The number of benzene rings is 2. The first-order valence-corrected chi connectivity index (χ1v) is 9.48. The second-order valence-corrected chi connectivity index (χ2v) is 7.70. The van der Waals surface area contributed by atoms with Crippen LogP contribution in [0, 0.1) is 0 Å². The second kappa shape index (κ2) is 8.03. The predicted octanol–water partition coefficient (Wildman–Crippen LogP) is 2.75. The molecule has 7 heteroatoms. The zero-order chi connectivity index (χ0) is 18.7. The lowest BCUT2D eigenvalue weighted by Crippen LogP contribution is -3.06. The summed E-state index contributed by atoms with van der Waals surface area (Å²) in [5.74, 6) is 0.704. The van der Waals surface area contributed by atoms with Crippen LogP contribution >= 0.6 is 22.9 Å². The fraction of sp³-hybridized carbons (Fsp3) is 0.263. The number of fused-ring (bicyclic) bond motifs is 1. The van der Waals surface area contributed by atoms with Crippen LogP contribution in [0.1, 0.15) is 10.4 Å². The number of quaternary nitrogens is 1. The van der Waals surface area contributed by atoms with E-state index in [1.54, 1.807) is 36.3 Å². The number of nitrogens with one attached hydrogen (secondary N) is 1. The zero-order valence-electron chi connectivity index (χ0n) is 15.0. The lowest BCUT2D eigenvalue weighted by atomic mass is 10.2. The summed E-state index contributed by atoms with van der Waals surface area (Å²) in [5.41, 5.74) is 1.46. The van der Waals surface area contributed by atoms with E-state index in [1.807, 2.05) is 18.2 Å². The molecule has 0 unspecified atom stereocenters. The Hall–Kier alpha value is -2.15. The van der Waals surface area contributed by atoms with Crippen molar-refractivity contribution in [3.05, 3.63) is 53.1 Å². The van der Waals surface area contributed by atoms with Gasteiger partial charge in [-0.05, 0) is 42.5 Å². The molecule has 136 valence electrons. The molecule has 3 aromatic rings. The standard InChI is InChI=1S/C19H20ClN3O2S/c1-22(2)10-11-23(18(24)13-4-6-14(20)7-5-13)19-21-16-9-8-15(25-3)12-17(16)26-19/h4-9,12H,10-11H2,1-3H3/p+1. The Morgan fingerprint density at radius 3 is 2.62 bits per heavy atom. The molecule has 26 heavy (non-hydrogen) atoms. The van der Waals surface area contributed by atoms with Crippen LogP contribution in [-0.2, 0) is 0 Å². The highest BCUT2D eigenvalue weighted by atomic mass is 35.5. The van der Waals surface area contributed by atoms with E-state index >= 15 is 0 Å². The first-order valence-electron chi connectivity index (χ1n) is 8.29. The Kier molecular flexibility index (Phi) is 5.76. The van der Waals surface area contributed by atoms with Crippen molar-refractivity contribution >= 4 is 44.2 Å². The Labute approximate surface area is 161 Å². The van der Waals surface area contributed by atoms with Crippen LogP contribution in [0.3, 0.4) is 0 Å². The third-order valence-corrected chi connectivity index (χ3v) is 5.28. The van der Waals surface area contributed by atoms with E-state index in [9.17, 15) is 4.79 Å². The third-order valence-electron chi connectivity index (χ3n) is 3.99. The van der Waals surface area contributed by atoms with Crippen molar-refractivity contribution in [2.45, 2.75) is 0 Å². The number of aromatic nitrogens is 1. The monoisotopic (exact) mass is 390 g/mol. The number of amides is 1. The minimum Gasteiger partial charge on any atom is -0.497 e. The highest BCUT2D eigenvalue weighted by Crippen LogP contribution is 2.32. The summed E-state index contributed by atoms with van der Waals surface area (Å²) in [6.07, 6.45) is 0. The van der Waals surface area contributed by atoms with E-state index in [2.05, 4.69) is 19.1 Å². The number of halogens is 1. The fourth-order valence-corrected chi connectivity index (χ4v) is 3.65. The minimum absolute atomic E-state index is 0.0751. The molecule has 1 heterocycles. The molecule has 1 N–H and O–H groups in total. The third kappa shape index (κ3) is 4.15. The summed E-state index contributed by atoms with van der Waals surface area (Å²) in [4.78, 5) is 20.8. The number of ether oxygens (including phenoxy) is 1. The molecule has 0 saturated heterocycles. The van der Waals surface area contributed by atoms with Gasteiger partial charge in [-0.2, -0.15) is 0 Å². The SMILES string of the molecule is COc1ccc2nc(N(CC[NH+](C)C)C(=O)c3ccc(Cl)cc3)sc2c1. The number of rotatable bonds is 6. The Morgan fingerprint density at radius 1 is 1.23 bits per heavy atom. The first-order chi connectivity index (χ1) is 12.5. The molecular formula is C19H21ClN3O2S+. The van der Waals surface area contributed by atoms with Crippen LogP contribution < -0.4 is 14.5 Å². The van der Waals surface area contributed by atoms with Crippen LogP contribution in [0.25, 0.3) is 10.2 Å². The lowest BCUT2D eigenvalue weighted by Gasteiger charge is -2.20. The highest BCUT2D eigenvalue weighted by Gasteiger charge is 2.22. The number of anilines is 1. The van der Waals surface area contributed by atoms with Crippen molar-refractivity contribution < 1.29 is 14.4 Å². The highest BCUT2D eigenvalue weighted by molar-refractivity contribution is 7.22. The maximum atomic E-state index is 13.1. The molecule has 0 saturated carbocycles. The molecule has 3 rings (SSSR count). The van der Waals surface area contributed by atoms with Gasteiger partial charge in [-0.3, -0.25) is 9.69 Å². The Bertz CT molecular complexity index is 909. The van der Waals surface area contributed by atoms with Crippen molar-refractivity contribution in [1.29, 1.82) is 0 Å². The van der Waals surface area contributed by atoms with Crippen molar-refractivity contribution in [1.82, 2.24) is 4.98 Å². The smallest absolute Gasteiger partial charge is 0.260 e. The van der Waals surface area contributed by atoms with Gasteiger partial charge in [0.05, 0.1) is 44.5 Å². The molecule has 2 aromatic carbocycles. The molecule has 0 spiro atoms. The van der Waals surface area contributed by atoms with Crippen LogP contribution in [0.5, 0.6) is 5.75 Å². The van der Waals surface area contributed by atoms with Gasteiger partial charge in [0.1, 0.15) is 5.75 Å². The van der Waals surface area contributed by atoms with E-state index in [1.165, 1.54) is 16.2 Å². The van der Waals surface area contributed by atoms with E-state index in [0.29, 0.717) is 22.3 Å². The maximum Gasteiger partial charge on any atom is 0.260 e. The Morgan fingerprint density at radius 2 is 1.96 bits per heavy atom. The van der Waals surface area contributed by atoms with Crippen LogP contribution in [0.4, 0.5) is 5.13 Å². The van der Waals surface area contributed by atoms with E-state index in [4.69, 9.17) is 16.3 Å². The average Bonchev–Trinajstić information content (AvgIpc) is 3.04. The number of hydrogen-bond acceptors (Lipinski definition) is 4. The molecular weight excluding hydrogens is 370 g/mol. The van der Waals surface area contributed by atoms with Gasteiger partial charge in [-0.1, -0.05) is 22.9 Å². The number of carbonyl (C=O) groups is 1. The summed E-state index contributed by atoms with van der Waals surface area (Å²) >= 11 is 7.44. The Balaban J connectivity index is 1.97. The van der Waals surface area contributed by atoms with Crippen molar-refractivity contribution in [3.63, 3.8) is 0 Å². The largest absolute Gasteiger partial charge is 0.497 e. The van der Waals surface area contributed by atoms with Gasteiger partial charge in [0.2, 0.25) is 0 Å². The number of carbonyl (C=O) groups excluding carboxylic acids is 1. The van der Waals surface area contributed by atoms with Gasteiger partial charge in [-0.15, -0.1) is 0 Å². The summed E-state index contributed by atoms with van der Waals surface area (Å²) in [6, 6.07) is 12.7. The molecule has 1 aromatic heterocycles. The molecule has 0 fully saturated rings. The predicted molar refractivity (Wildman–Crippen MR) is 107 cm³/mol. The molecule has 0 atom stereocenters. The van der Waals surface area contributed by atoms with Crippen molar-refractivity contribution in [2.24, 2.45) is 0 Å².